The predicted octanol–water partition coefficient (Wildman–Crippen LogP) is 1.90. The van der Waals surface area contributed by atoms with Crippen molar-refractivity contribution in [3.8, 4) is 22.8 Å². The molecule has 2 heterocycles. The van der Waals surface area contributed by atoms with Crippen molar-refractivity contribution in [2.75, 3.05) is 25.9 Å². The molecular formula is C16H20N4O2. The normalized spacial score (nSPS) is 16.6. The molecule has 0 bridgehead atoms. The Bertz CT molecular complexity index is 654. The summed E-state index contributed by atoms with van der Waals surface area (Å²) in [6.45, 7) is 2.02. The predicted molar refractivity (Wildman–Crippen MR) is 84.7 cm³/mol. The van der Waals surface area contributed by atoms with Gasteiger partial charge in [-0.15, -0.1) is 10.2 Å². The number of hydrogen-bond donors (Lipinski definition) is 2. The molecule has 0 saturated carbocycles. The number of phenols is 1. The number of rotatable bonds is 3. The first kappa shape index (κ1) is 14.6. The van der Waals surface area contributed by atoms with Gasteiger partial charge in [-0.05, 0) is 32.0 Å². The Balaban J connectivity index is 1.83. The van der Waals surface area contributed by atoms with E-state index in [-0.39, 0.29) is 17.7 Å². The highest BCUT2D eigenvalue weighted by molar-refractivity contribution is 5.68. The van der Waals surface area contributed by atoms with Crippen LogP contribution in [-0.2, 0) is 0 Å². The van der Waals surface area contributed by atoms with Gasteiger partial charge in [0.25, 0.3) is 0 Å². The zero-order chi connectivity index (χ0) is 15.5. The summed E-state index contributed by atoms with van der Waals surface area (Å²) in [4.78, 5) is 2.28. The number of piperidine rings is 1. The molecule has 0 aliphatic carbocycles. The van der Waals surface area contributed by atoms with Gasteiger partial charge in [0.15, 0.2) is 11.6 Å². The van der Waals surface area contributed by atoms with Gasteiger partial charge in [0.2, 0.25) is 0 Å². The standard InChI is InChI=1S/C16H20N4O2/c1-20-8-6-11(7-9-20)22-15-10-13(18-19-16(15)17)12-4-2-3-5-14(12)21/h2-5,10-11,21H,6-9H2,1H3,(H2,17,19). The van der Waals surface area contributed by atoms with Crippen molar-refractivity contribution in [2.45, 2.75) is 18.9 Å². The summed E-state index contributed by atoms with van der Waals surface area (Å²) in [5.41, 5.74) is 7.04. The smallest absolute Gasteiger partial charge is 0.188 e. The van der Waals surface area contributed by atoms with Crippen molar-refractivity contribution in [1.82, 2.24) is 15.1 Å². The second-order valence-electron chi connectivity index (χ2n) is 5.62. The molecule has 0 radical (unpaired) electrons. The van der Waals surface area contributed by atoms with Crippen LogP contribution in [0.1, 0.15) is 12.8 Å². The number of aromatic hydroxyl groups is 1. The molecule has 3 N–H and O–H groups in total. The Morgan fingerprint density at radius 2 is 1.95 bits per heavy atom. The van der Waals surface area contributed by atoms with Gasteiger partial charge in [-0.25, -0.2) is 0 Å². The Kier molecular flexibility index (Phi) is 4.11. The number of anilines is 1. The largest absolute Gasteiger partial charge is 0.507 e. The second-order valence-corrected chi connectivity index (χ2v) is 5.62. The molecule has 1 saturated heterocycles. The average molecular weight is 300 g/mol. The van der Waals surface area contributed by atoms with Crippen LogP contribution in [0.5, 0.6) is 11.5 Å². The lowest BCUT2D eigenvalue weighted by atomic mass is 10.1. The minimum absolute atomic E-state index is 0.139. The number of ether oxygens (including phenoxy) is 1. The van der Waals surface area contributed by atoms with E-state index >= 15 is 0 Å². The summed E-state index contributed by atoms with van der Waals surface area (Å²) in [7, 11) is 2.11. The summed E-state index contributed by atoms with van der Waals surface area (Å²) >= 11 is 0. The average Bonchev–Trinajstić information content (AvgIpc) is 2.52. The van der Waals surface area contributed by atoms with Crippen LogP contribution in [-0.4, -0.2) is 46.4 Å². The highest BCUT2D eigenvalue weighted by Crippen LogP contribution is 2.31. The van der Waals surface area contributed by atoms with Crippen LogP contribution in [0, 0.1) is 0 Å². The van der Waals surface area contributed by atoms with Crippen molar-refractivity contribution in [2.24, 2.45) is 0 Å². The first-order chi connectivity index (χ1) is 10.6. The number of phenolic OH excluding ortho intramolecular Hbond substituents is 1. The van der Waals surface area contributed by atoms with E-state index in [1.165, 1.54) is 0 Å². The van der Waals surface area contributed by atoms with Crippen LogP contribution < -0.4 is 10.5 Å². The zero-order valence-electron chi connectivity index (χ0n) is 12.6. The fraction of sp³-hybridized carbons (Fsp3) is 0.375. The van der Waals surface area contributed by atoms with Crippen LogP contribution in [0.2, 0.25) is 0 Å². The SMILES string of the molecule is CN1CCC(Oc2cc(-c3ccccc3O)nnc2N)CC1. The number of aromatic nitrogens is 2. The van der Waals surface area contributed by atoms with E-state index in [9.17, 15) is 5.11 Å². The summed E-state index contributed by atoms with van der Waals surface area (Å²) < 4.78 is 6.00. The number of nitrogens with two attached hydrogens (primary N) is 1. The van der Waals surface area contributed by atoms with Gasteiger partial charge in [0, 0.05) is 24.7 Å². The van der Waals surface area contributed by atoms with Crippen LogP contribution >= 0.6 is 0 Å². The maximum atomic E-state index is 9.93. The van der Waals surface area contributed by atoms with Crippen LogP contribution in [0.25, 0.3) is 11.3 Å². The summed E-state index contributed by atoms with van der Waals surface area (Å²) in [5, 5.41) is 17.9. The van der Waals surface area contributed by atoms with Gasteiger partial charge in [-0.2, -0.15) is 0 Å². The van der Waals surface area contributed by atoms with Gasteiger partial charge in [0.1, 0.15) is 17.5 Å². The molecule has 3 rings (SSSR count). The minimum atomic E-state index is 0.139. The highest BCUT2D eigenvalue weighted by Gasteiger charge is 2.20. The third kappa shape index (κ3) is 3.12. The third-order valence-corrected chi connectivity index (χ3v) is 3.92. The quantitative estimate of drug-likeness (QED) is 0.900. The second kappa shape index (κ2) is 6.19. The molecule has 1 aromatic carbocycles. The molecule has 2 aromatic rings. The highest BCUT2D eigenvalue weighted by atomic mass is 16.5. The number of nitrogen functional groups attached to an aromatic ring is 1. The molecule has 1 fully saturated rings. The lowest BCUT2D eigenvalue weighted by Gasteiger charge is -2.29. The number of para-hydroxylation sites is 1. The van der Waals surface area contributed by atoms with Gasteiger partial charge < -0.3 is 20.5 Å². The van der Waals surface area contributed by atoms with E-state index in [1.54, 1.807) is 24.3 Å². The third-order valence-electron chi connectivity index (χ3n) is 3.92. The monoisotopic (exact) mass is 300 g/mol. The van der Waals surface area contributed by atoms with Crippen molar-refractivity contribution >= 4 is 5.82 Å². The molecule has 116 valence electrons. The van der Waals surface area contributed by atoms with E-state index in [4.69, 9.17) is 10.5 Å². The molecule has 1 aliphatic heterocycles. The molecule has 0 amide bonds. The van der Waals surface area contributed by atoms with E-state index in [2.05, 4.69) is 22.1 Å². The molecule has 1 aliphatic rings. The summed E-state index contributed by atoms with van der Waals surface area (Å²) in [5.74, 6) is 0.965. The minimum Gasteiger partial charge on any atom is -0.507 e. The Hall–Kier alpha value is -2.34. The van der Waals surface area contributed by atoms with Crippen LogP contribution in [0.4, 0.5) is 5.82 Å². The lowest BCUT2D eigenvalue weighted by Crippen LogP contribution is -2.35. The lowest BCUT2D eigenvalue weighted by molar-refractivity contribution is 0.114. The van der Waals surface area contributed by atoms with E-state index < -0.39 is 0 Å². The molecule has 1 aromatic heterocycles. The molecule has 6 heteroatoms. The van der Waals surface area contributed by atoms with Gasteiger partial charge in [-0.3, -0.25) is 0 Å². The van der Waals surface area contributed by atoms with Crippen molar-refractivity contribution in [3.05, 3.63) is 30.3 Å². The van der Waals surface area contributed by atoms with Crippen LogP contribution in [0.15, 0.2) is 30.3 Å². The van der Waals surface area contributed by atoms with Gasteiger partial charge >= 0.3 is 0 Å². The summed E-state index contributed by atoms with van der Waals surface area (Å²) in [6, 6.07) is 8.75. The number of likely N-dealkylation sites (tertiary alicyclic amines) is 1. The van der Waals surface area contributed by atoms with Gasteiger partial charge in [-0.1, -0.05) is 12.1 Å². The first-order valence-electron chi connectivity index (χ1n) is 7.40. The fourth-order valence-corrected chi connectivity index (χ4v) is 2.58. The maximum absolute atomic E-state index is 9.93. The number of hydrogen-bond acceptors (Lipinski definition) is 6. The fourth-order valence-electron chi connectivity index (χ4n) is 2.58. The molecular weight excluding hydrogens is 280 g/mol. The van der Waals surface area contributed by atoms with E-state index in [0.29, 0.717) is 17.0 Å². The number of nitrogens with zero attached hydrogens (tertiary/aromatic N) is 3. The Morgan fingerprint density at radius 1 is 1.23 bits per heavy atom. The topological polar surface area (TPSA) is 84.5 Å². The first-order valence-corrected chi connectivity index (χ1v) is 7.40. The van der Waals surface area contributed by atoms with Gasteiger partial charge in [0.05, 0.1) is 0 Å². The molecule has 0 spiro atoms. The molecule has 0 unspecified atom stereocenters. The zero-order valence-corrected chi connectivity index (χ0v) is 12.6. The Morgan fingerprint density at radius 3 is 2.68 bits per heavy atom. The van der Waals surface area contributed by atoms with Crippen molar-refractivity contribution in [3.63, 3.8) is 0 Å². The number of benzene rings is 1. The summed E-state index contributed by atoms with van der Waals surface area (Å²) in [6.07, 6.45) is 2.06. The van der Waals surface area contributed by atoms with Crippen LogP contribution in [0.3, 0.4) is 0 Å². The van der Waals surface area contributed by atoms with E-state index in [1.807, 2.05) is 6.07 Å². The maximum Gasteiger partial charge on any atom is 0.188 e. The molecule has 0 atom stereocenters. The van der Waals surface area contributed by atoms with Crippen molar-refractivity contribution < 1.29 is 9.84 Å². The van der Waals surface area contributed by atoms with E-state index in [0.717, 1.165) is 25.9 Å². The van der Waals surface area contributed by atoms with Crippen molar-refractivity contribution in [1.29, 1.82) is 0 Å². The molecule has 6 nitrogen and oxygen atoms in total. The molecule has 22 heavy (non-hydrogen) atoms. The Labute approximate surface area is 129 Å².